The van der Waals surface area contributed by atoms with Crippen molar-refractivity contribution in [2.45, 2.75) is 33.8 Å². The lowest BCUT2D eigenvalue weighted by molar-refractivity contribution is 0.0971. The molecule has 0 saturated carbocycles. The van der Waals surface area contributed by atoms with Crippen molar-refractivity contribution in [1.82, 2.24) is 19.6 Å². The number of β-amino-alcohol motifs (C(OH)–C–C–N with tert-alkyl or cyclic N) is 1. The summed E-state index contributed by atoms with van der Waals surface area (Å²) in [6.45, 7) is 21.8. The second kappa shape index (κ2) is 11.4. The zero-order valence-corrected chi connectivity index (χ0v) is 15.3. The van der Waals surface area contributed by atoms with Crippen molar-refractivity contribution in [1.29, 1.82) is 0 Å². The molecule has 0 amide bonds. The summed E-state index contributed by atoms with van der Waals surface area (Å²) in [5.74, 6) is 0. The molecule has 0 aliphatic carbocycles. The van der Waals surface area contributed by atoms with Gasteiger partial charge in [0.15, 0.2) is 0 Å². The summed E-state index contributed by atoms with van der Waals surface area (Å²) in [7, 11) is 0. The zero-order valence-electron chi connectivity index (χ0n) is 15.3. The maximum atomic E-state index is 9.73. The molecule has 0 aromatic rings. The molecule has 1 aliphatic heterocycles. The van der Waals surface area contributed by atoms with E-state index in [2.05, 4.69) is 40.4 Å². The van der Waals surface area contributed by atoms with Crippen LogP contribution in [0.3, 0.4) is 0 Å². The highest BCUT2D eigenvalue weighted by Crippen LogP contribution is 2.01. The molecule has 5 nitrogen and oxygen atoms in total. The maximum absolute atomic E-state index is 9.73. The van der Waals surface area contributed by atoms with Crippen LogP contribution in [0.1, 0.15) is 27.7 Å². The number of likely N-dealkylation sites (N-methyl/N-ethyl adjacent to an activating group) is 3. The SMILES string of the molecule is CCN1CCN(CC)CCN(CC(C)O)CCN(CC)CC1. The van der Waals surface area contributed by atoms with Gasteiger partial charge in [-0.05, 0) is 26.6 Å². The Hall–Kier alpha value is -0.200. The first kappa shape index (κ1) is 19.8. The molecule has 0 spiro atoms. The number of aliphatic hydroxyl groups excluding tert-OH is 1. The van der Waals surface area contributed by atoms with E-state index in [0.29, 0.717) is 0 Å². The van der Waals surface area contributed by atoms with Gasteiger partial charge in [-0.1, -0.05) is 20.8 Å². The van der Waals surface area contributed by atoms with Crippen LogP contribution in [0.25, 0.3) is 0 Å². The van der Waals surface area contributed by atoms with E-state index in [0.717, 1.165) is 78.5 Å². The van der Waals surface area contributed by atoms with Gasteiger partial charge in [0.25, 0.3) is 0 Å². The van der Waals surface area contributed by atoms with Crippen LogP contribution in [-0.2, 0) is 0 Å². The molecule has 5 heteroatoms. The standard InChI is InChI=1S/C17H38N4O/c1-5-18-8-10-19(6-2)12-14-21(16-17(4)22)15-13-20(7-3)11-9-18/h17,22H,5-16H2,1-4H3. The fourth-order valence-electron chi connectivity index (χ4n) is 3.08. The monoisotopic (exact) mass is 314 g/mol. The lowest BCUT2D eigenvalue weighted by Crippen LogP contribution is -2.47. The Bertz CT molecular complexity index is 255. The average Bonchev–Trinajstić information content (AvgIpc) is 2.50. The van der Waals surface area contributed by atoms with Crippen LogP contribution >= 0.6 is 0 Å². The molecule has 0 bridgehead atoms. The quantitative estimate of drug-likeness (QED) is 0.806. The molecule has 1 heterocycles. The Labute approximate surface area is 137 Å². The van der Waals surface area contributed by atoms with Crippen LogP contribution in [0, 0.1) is 0 Å². The molecule has 1 unspecified atom stereocenters. The fraction of sp³-hybridized carbons (Fsp3) is 1.00. The number of hydrogen-bond donors (Lipinski definition) is 1. The summed E-state index contributed by atoms with van der Waals surface area (Å²) in [6.07, 6.45) is -0.242. The first-order valence-electron chi connectivity index (χ1n) is 9.16. The first-order chi connectivity index (χ1) is 10.6. The van der Waals surface area contributed by atoms with E-state index in [9.17, 15) is 5.11 Å². The molecule has 0 radical (unpaired) electrons. The minimum absolute atomic E-state index is 0.242. The molecular formula is C17H38N4O. The number of hydrogen-bond acceptors (Lipinski definition) is 5. The largest absolute Gasteiger partial charge is 0.392 e. The van der Waals surface area contributed by atoms with E-state index in [1.165, 1.54) is 0 Å². The molecule has 0 aromatic heterocycles. The number of nitrogens with zero attached hydrogens (tertiary/aromatic N) is 4. The van der Waals surface area contributed by atoms with Crippen molar-refractivity contribution in [3.63, 3.8) is 0 Å². The number of aliphatic hydroxyl groups is 1. The molecule has 1 N–H and O–H groups in total. The minimum atomic E-state index is -0.242. The van der Waals surface area contributed by atoms with Gasteiger partial charge in [0.2, 0.25) is 0 Å². The summed E-state index contributed by atoms with van der Waals surface area (Å²) in [4.78, 5) is 10.1. The third kappa shape index (κ3) is 7.88. The summed E-state index contributed by atoms with van der Waals surface area (Å²) >= 11 is 0. The fourth-order valence-corrected chi connectivity index (χ4v) is 3.08. The Balaban J connectivity index is 2.64. The summed E-state index contributed by atoms with van der Waals surface area (Å²) < 4.78 is 0. The van der Waals surface area contributed by atoms with Gasteiger partial charge in [-0.15, -0.1) is 0 Å². The van der Waals surface area contributed by atoms with Crippen molar-refractivity contribution in [3.05, 3.63) is 0 Å². The molecular weight excluding hydrogens is 276 g/mol. The van der Waals surface area contributed by atoms with Crippen molar-refractivity contribution >= 4 is 0 Å². The van der Waals surface area contributed by atoms with Gasteiger partial charge in [0, 0.05) is 58.9 Å². The lowest BCUT2D eigenvalue weighted by Gasteiger charge is -2.33. The topological polar surface area (TPSA) is 33.2 Å². The molecule has 0 aromatic carbocycles. The van der Waals surface area contributed by atoms with Crippen LogP contribution < -0.4 is 0 Å². The first-order valence-corrected chi connectivity index (χ1v) is 9.16. The van der Waals surface area contributed by atoms with Crippen LogP contribution in [0.5, 0.6) is 0 Å². The average molecular weight is 315 g/mol. The smallest absolute Gasteiger partial charge is 0.0639 e. The van der Waals surface area contributed by atoms with Crippen molar-refractivity contribution < 1.29 is 5.11 Å². The summed E-state index contributed by atoms with van der Waals surface area (Å²) in [6, 6.07) is 0. The Morgan fingerprint density at radius 2 is 0.909 bits per heavy atom. The second-order valence-corrected chi connectivity index (χ2v) is 6.45. The normalized spacial score (nSPS) is 23.9. The van der Waals surface area contributed by atoms with Gasteiger partial charge in [0.1, 0.15) is 0 Å². The lowest BCUT2D eigenvalue weighted by atomic mass is 10.3. The predicted octanol–water partition coefficient (Wildman–Crippen LogP) is 0.649. The summed E-state index contributed by atoms with van der Waals surface area (Å²) in [5.41, 5.74) is 0. The van der Waals surface area contributed by atoms with Crippen LogP contribution in [0.4, 0.5) is 0 Å². The van der Waals surface area contributed by atoms with Gasteiger partial charge in [0.05, 0.1) is 6.10 Å². The van der Waals surface area contributed by atoms with Crippen LogP contribution in [-0.4, -0.2) is 109 Å². The van der Waals surface area contributed by atoms with Crippen LogP contribution in [0.15, 0.2) is 0 Å². The highest BCUT2D eigenvalue weighted by Gasteiger charge is 2.15. The Morgan fingerprint density at radius 1 is 0.636 bits per heavy atom. The highest BCUT2D eigenvalue weighted by atomic mass is 16.3. The molecule has 1 saturated heterocycles. The van der Waals surface area contributed by atoms with Gasteiger partial charge in [-0.25, -0.2) is 0 Å². The van der Waals surface area contributed by atoms with Gasteiger partial charge in [-0.2, -0.15) is 0 Å². The third-order valence-corrected chi connectivity index (χ3v) is 4.79. The zero-order chi connectivity index (χ0) is 16.4. The minimum Gasteiger partial charge on any atom is -0.392 e. The van der Waals surface area contributed by atoms with Gasteiger partial charge < -0.3 is 19.8 Å². The van der Waals surface area contributed by atoms with Gasteiger partial charge in [-0.3, -0.25) is 4.90 Å². The van der Waals surface area contributed by atoms with Crippen LogP contribution in [0.2, 0.25) is 0 Å². The van der Waals surface area contributed by atoms with Crippen molar-refractivity contribution in [3.8, 4) is 0 Å². The highest BCUT2D eigenvalue weighted by molar-refractivity contribution is 4.71. The maximum Gasteiger partial charge on any atom is 0.0639 e. The Kier molecular flexibility index (Phi) is 10.2. The van der Waals surface area contributed by atoms with Crippen molar-refractivity contribution in [2.75, 3.05) is 78.5 Å². The summed E-state index contributed by atoms with van der Waals surface area (Å²) in [5, 5.41) is 9.73. The molecule has 1 aliphatic rings. The molecule has 1 rings (SSSR count). The van der Waals surface area contributed by atoms with E-state index in [4.69, 9.17) is 0 Å². The third-order valence-electron chi connectivity index (χ3n) is 4.79. The molecule has 1 atom stereocenters. The second-order valence-electron chi connectivity index (χ2n) is 6.45. The molecule has 22 heavy (non-hydrogen) atoms. The van der Waals surface area contributed by atoms with E-state index in [1.807, 2.05) is 6.92 Å². The molecule has 1 fully saturated rings. The Morgan fingerprint density at radius 3 is 1.14 bits per heavy atom. The van der Waals surface area contributed by atoms with Gasteiger partial charge >= 0.3 is 0 Å². The van der Waals surface area contributed by atoms with Crippen molar-refractivity contribution in [2.24, 2.45) is 0 Å². The predicted molar refractivity (Wildman–Crippen MR) is 94.5 cm³/mol. The van der Waals surface area contributed by atoms with E-state index >= 15 is 0 Å². The van der Waals surface area contributed by atoms with E-state index in [1.54, 1.807) is 0 Å². The molecule has 132 valence electrons. The van der Waals surface area contributed by atoms with E-state index in [-0.39, 0.29) is 6.10 Å². The van der Waals surface area contributed by atoms with E-state index < -0.39 is 0 Å². The number of rotatable bonds is 5.